The quantitative estimate of drug-likeness (QED) is 0.670. The molecule has 2 rings (SSSR count). The van der Waals surface area contributed by atoms with Gasteiger partial charge >= 0.3 is 0 Å². The summed E-state index contributed by atoms with van der Waals surface area (Å²) in [5.74, 6) is 1.54. The van der Waals surface area contributed by atoms with Gasteiger partial charge in [-0.15, -0.1) is 5.10 Å². The average molecular weight is 354 g/mol. The fourth-order valence-corrected chi connectivity index (χ4v) is 4.06. The van der Waals surface area contributed by atoms with E-state index in [0.717, 1.165) is 31.1 Å². The van der Waals surface area contributed by atoms with E-state index < -0.39 is 0 Å². The van der Waals surface area contributed by atoms with Gasteiger partial charge < -0.3 is 4.90 Å². The van der Waals surface area contributed by atoms with E-state index in [1.165, 1.54) is 31.0 Å². The number of carbonyl (C=O) groups is 1. The van der Waals surface area contributed by atoms with Gasteiger partial charge in [-0.3, -0.25) is 4.79 Å². The highest BCUT2D eigenvalue weighted by molar-refractivity contribution is 7.99. The van der Waals surface area contributed by atoms with E-state index in [9.17, 15) is 4.79 Å². The second kappa shape index (κ2) is 9.39. The number of nitrogens with zero attached hydrogens (tertiary/aromatic N) is 5. The maximum Gasteiger partial charge on any atom is 0.233 e. The van der Waals surface area contributed by atoms with Crippen LogP contribution in [0, 0.1) is 11.8 Å². The SMILES string of the molecule is CC(C)CN(CC(C)C)C(=O)CSc1nnnn1C1CCCCC1. The Hall–Kier alpha value is -1.11. The summed E-state index contributed by atoms with van der Waals surface area (Å²) in [6.45, 7) is 10.2. The van der Waals surface area contributed by atoms with E-state index in [1.54, 1.807) is 0 Å². The summed E-state index contributed by atoms with van der Waals surface area (Å²) in [5, 5.41) is 12.9. The lowest BCUT2D eigenvalue weighted by molar-refractivity contribution is -0.129. The van der Waals surface area contributed by atoms with E-state index in [1.807, 2.05) is 9.58 Å². The van der Waals surface area contributed by atoms with Crippen LogP contribution in [0.2, 0.25) is 0 Å². The van der Waals surface area contributed by atoms with Crippen molar-refractivity contribution in [2.24, 2.45) is 11.8 Å². The first-order valence-corrected chi connectivity index (χ1v) is 10.1. The Morgan fingerprint density at radius 1 is 1.17 bits per heavy atom. The molecule has 7 heteroatoms. The summed E-state index contributed by atoms with van der Waals surface area (Å²) >= 11 is 1.47. The minimum Gasteiger partial charge on any atom is -0.341 e. The van der Waals surface area contributed by atoms with Crippen LogP contribution in [0.1, 0.15) is 65.8 Å². The van der Waals surface area contributed by atoms with Gasteiger partial charge in [0.05, 0.1) is 11.8 Å². The zero-order valence-electron chi connectivity index (χ0n) is 15.4. The number of hydrogen-bond acceptors (Lipinski definition) is 5. The van der Waals surface area contributed by atoms with Gasteiger partial charge in [-0.1, -0.05) is 58.7 Å². The third-order valence-electron chi connectivity index (χ3n) is 4.23. The second-order valence-electron chi connectivity index (χ2n) is 7.57. The van der Waals surface area contributed by atoms with Gasteiger partial charge in [-0.05, 0) is 35.1 Å². The molecule has 1 aliphatic rings. The first-order chi connectivity index (χ1) is 11.5. The van der Waals surface area contributed by atoms with Crippen molar-refractivity contribution in [3.05, 3.63) is 0 Å². The molecule has 1 fully saturated rings. The van der Waals surface area contributed by atoms with Crippen molar-refractivity contribution in [3.63, 3.8) is 0 Å². The molecule has 6 nitrogen and oxygen atoms in total. The summed E-state index contributed by atoms with van der Waals surface area (Å²) in [6, 6.07) is 0.397. The lowest BCUT2D eigenvalue weighted by atomic mass is 9.96. The van der Waals surface area contributed by atoms with Crippen LogP contribution in [0.15, 0.2) is 5.16 Å². The molecule has 0 bridgehead atoms. The number of rotatable bonds is 8. The van der Waals surface area contributed by atoms with E-state index >= 15 is 0 Å². The summed E-state index contributed by atoms with van der Waals surface area (Å²) in [4.78, 5) is 14.6. The molecule has 0 saturated heterocycles. The molecular formula is C17H31N5OS. The Kier molecular flexibility index (Phi) is 7.52. The van der Waals surface area contributed by atoms with Crippen LogP contribution in [-0.2, 0) is 4.79 Å². The van der Waals surface area contributed by atoms with E-state index in [0.29, 0.717) is 23.6 Å². The highest BCUT2D eigenvalue weighted by atomic mass is 32.2. The standard InChI is InChI=1S/C17H31N5OS/c1-13(2)10-21(11-14(3)4)16(23)12-24-17-18-19-20-22(17)15-8-6-5-7-9-15/h13-15H,5-12H2,1-4H3. The van der Waals surface area contributed by atoms with Crippen LogP contribution in [0.4, 0.5) is 0 Å². The molecule has 1 saturated carbocycles. The molecule has 1 amide bonds. The number of carbonyl (C=O) groups excluding carboxylic acids is 1. The number of aromatic nitrogens is 4. The highest BCUT2D eigenvalue weighted by Gasteiger charge is 2.22. The van der Waals surface area contributed by atoms with Gasteiger partial charge in [0.2, 0.25) is 11.1 Å². The third kappa shape index (κ3) is 5.76. The molecule has 0 atom stereocenters. The lowest BCUT2D eigenvalue weighted by Crippen LogP contribution is -2.38. The van der Waals surface area contributed by atoms with Crippen molar-refractivity contribution in [2.75, 3.05) is 18.8 Å². The monoisotopic (exact) mass is 353 g/mol. The van der Waals surface area contributed by atoms with Gasteiger partial charge in [0.15, 0.2) is 0 Å². The van der Waals surface area contributed by atoms with Crippen LogP contribution in [0.25, 0.3) is 0 Å². The minimum atomic E-state index is 0.181. The van der Waals surface area contributed by atoms with E-state index in [2.05, 4.69) is 43.2 Å². The molecule has 1 aromatic rings. The topological polar surface area (TPSA) is 63.9 Å². The van der Waals surface area contributed by atoms with Crippen LogP contribution in [-0.4, -0.2) is 49.9 Å². The van der Waals surface area contributed by atoms with Crippen LogP contribution in [0.5, 0.6) is 0 Å². The fourth-order valence-electron chi connectivity index (χ4n) is 3.21. The lowest BCUT2D eigenvalue weighted by Gasteiger charge is -2.26. The molecule has 0 unspecified atom stereocenters. The van der Waals surface area contributed by atoms with Crippen molar-refractivity contribution < 1.29 is 4.79 Å². The van der Waals surface area contributed by atoms with Crippen molar-refractivity contribution >= 4 is 17.7 Å². The molecule has 0 aromatic carbocycles. The number of tetrazole rings is 1. The zero-order valence-corrected chi connectivity index (χ0v) is 16.3. The molecule has 24 heavy (non-hydrogen) atoms. The number of hydrogen-bond donors (Lipinski definition) is 0. The van der Waals surface area contributed by atoms with Gasteiger partial charge in [0.1, 0.15) is 0 Å². The Morgan fingerprint density at radius 2 is 1.79 bits per heavy atom. The number of amides is 1. The third-order valence-corrected chi connectivity index (χ3v) is 5.15. The van der Waals surface area contributed by atoms with Crippen LogP contribution in [0.3, 0.4) is 0 Å². The normalized spacial score (nSPS) is 16.1. The maximum atomic E-state index is 12.6. The maximum absolute atomic E-state index is 12.6. The molecule has 0 aliphatic heterocycles. The smallest absolute Gasteiger partial charge is 0.233 e. The van der Waals surface area contributed by atoms with Crippen LogP contribution >= 0.6 is 11.8 Å². The Morgan fingerprint density at radius 3 is 2.38 bits per heavy atom. The highest BCUT2D eigenvalue weighted by Crippen LogP contribution is 2.30. The molecule has 0 radical (unpaired) electrons. The van der Waals surface area contributed by atoms with Gasteiger partial charge in [-0.2, -0.15) is 0 Å². The Labute approximate surface area is 149 Å². The molecule has 1 heterocycles. The summed E-state index contributed by atoms with van der Waals surface area (Å²) in [5.41, 5.74) is 0. The molecule has 0 spiro atoms. The molecule has 0 N–H and O–H groups in total. The van der Waals surface area contributed by atoms with E-state index in [4.69, 9.17) is 0 Å². The van der Waals surface area contributed by atoms with Crippen molar-refractivity contribution in [2.45, 2.75) is 71.0 Å². The summed E-state index contributed by atoms with van der Waals surface area (Å²) in [6.07, 6.45) is 6.06. The summed E-state index contributed by atoms with van der Waals surface area (Å²) in [7, 11) is 0. The van der Waals surface area contributed by atoms with Crippen molar-refractivity contribution in [1.82, 2.24) is 25.1 Å². The zero-order chi connectivity index (χ0) is 17.5. The Balaban J connectivity index is 1.93. The van der Waals surface area contributed by atoms with Crippen molar-refractivity contribution in [1.29, 1.82) is 0 Å². The first-order valence-electron chi connectivity index (χ1n) is 9.15. The molecule has 1 aromatic heterocycles. The molecule has 136 valence electrons. The van der Waals surface area contributed by atoms with Crippen LogP contribution < -0.4 is 0 Å². The van der Waals surface area contributed by atoms with E-state index in [-0.39, 0.29) is 5.91 Å². The van der Waals surface area contributed by atoms with Gasteiger partial charge in [-0.25, -0.2) is 4.68 Å². The largest absolute Gasteiger partial charge is 0.341 e. The molecular weight excluding hydrogens is 322 g/mol. The van der Waals surface area contributed by atoms with Gasteiger partial charge in [0.25, 0.3) is 0 Å². The average Bonchev–Trinajstić information content (AvgIpc) is 3.00. The fraction of sp³-hybridized carbons (Fsp3) is 0.882. The molecule has 1 aliphatic carbocycles. The first kappa shape index (κ1) is 19.2. The Bertz CT molecular complexity index is 501. The minimum absolute atomic E-state index is 0.181. The van der Waals surface area contributed by atoms with Gasteiger partial charge in [0, 0.05) is 13.1 Å². The predicted octanol–water partition coefficient (Wildman–Crippen LogP) is 3.41. The van der Waals surface area contributed by atoms with Crippen molar-refractivity contribution in [3.8, 4) is 0 Å². The predicted molar refractivity (Wildman–Crippen MR) is 96.9 cm³/mol. The second-order valence-corrected chi connectivity index (χ2v) is 8.52. The summed E-state index contributed by atoms with van der Waals surface area (Å²) < 4.78 is 1.94. The number of thioether (sulfide) groups is 1.